The molecule has 112 valence electrons. The lowest BCUT2D eigenvalue weighted by Crippen LogP contribution is -2.39. The van der Waals surface area contributed by atoms with Crippen molar-refractivity contribution < 1.29 is 0 Å². The highest BCUT2D eigenvalue weighted by Crippen LogP contribution is 2.34. The smallest absolute Gasteiger partial charge is 0.256 e. The summed E-state index contributed by atoms with van der Waals surface area (Å²) < 4.78 is 1.59. The molecule has 3 heterocycles. The lowest BCUT2D eigenvalue weighted by Gasteiger charge is -2.38. The van der Waals surface area contributed by atoms with Gasteiger partial charge in [0.2, 0.25) is 11.2 Å². The minimum absolute atomic E-state index is 0.203. The molecule has 2 aromatic rings. The molecule has 0 saturated carbocycles. The van der Waals surface area contributed by atoms with Crippen molar-refractivity contribution in [3.05, 3.63) is 23.7 Å². The summed E-state index contributed by atoms with van der Waals surface area (Å²) in [6.45, 7) is 6.50. The van der Waals surface area contributed by atoms with Gasteiger partial charge in [0, 0.05) is 25.5 Å². The fourth-order valence-corrected chi connectivity index (χ4v) is 2.71. The van der Waals surface area contributed by atoms with E-state index >= 15 is 0 Å². The quantitative estimate of drug-likeness (QED) is 0.872. The van der Waals surface area contributed by atoms with E-state index < -0.39 is 0 Å². The van der Waals surface area contributed by atoms with Gasteiger partial charge in [-0.05, 0) is 35.9 Å². The van der Waals surface area contributed by atoms with Gasteiger partial charge in [0.25, 0.3) is 5.95 Å². The summed E-state index contributed by atoms with van der Waals surface area (Å²) in [6, 6.07) is 1.82. The minimum atomic E-state index is 0.203. The van der Waals surface area contributed by atoms with Crippen LogP contribution >= 0.6 is 11.6 Å². The van der Waals surface area contributed by atoms with E-state index in [9.17, 15) is 0 Å². The molecule has 0 unspecified atom stereocenters. The van der Waals surface area contributed by atoms with Gasteiger partial charge in [-0.15, -0.1) is 0 Å². The van der Waals surface area contributed by atoms with Crippen LogP contribution in [0.4, 0.5) is 5.95 Å². The molecular weight excluding hydrogens is 288 g/mol. The van der Waals surface area contributed by atoms with Crippen LogP contribution in [-0.2, 0) is 0 Å². The molecule has 2 aromatic heterocycles. The van der Waals surface area contributed by atoms with E-state index in [1.807, 2.05) is 6.07 Å². The van der Waals surface area contributed by atoms with Crippen LogP contribution in [0.1, 0.15) is 33.1 Å². The van der Waals surface area contributed by atoms with Gasteiger partial charge in [0.15, 0.2) is 0 Å². The molecular formula is C14H19ClN6. The third-order valence-corrected chi connectivity index (χ3v) is 4.57. The summed E-state index contributed by atoms with van der Waals surface area (Å²) in [4.78, 5) is 15.1. The van der Waals surface area contributed by atoms with Crippen molar-refractivity contribution in [3.8, 4) is 5.95 Å². The average Bonchev–Trinajstić information content (AvgIpc) is 3.02. The molecule has 21 heavy (non-hydrogen) atoms. The maximum atomic E-state index is 6.04. The van der Waals surface area contributed by atoms with Crippen LogP contribution < -0.4 is 4.90 Å². The molecule has 0 atom stereocenters. The molecule has 0 aromatic carbocycles. The number of piperidine rings is 1. The zero-order chi connectivity index (χ0) is 14.9. The number of hydrogen-bond acceptors (Lipinski definition) is 5. The van der Waals surface area contributed by atoms with Crippen LogP contribution in [0.5, 0.6) is 0 Å². The maximum Gasteiger partial charge on any atom is 0.256 e. The molecule has 0 spiro atoms. The van der Waals surface area contributed by atoms with E-state index in [-0.39, 0.29) is 5.28 Å². The normalized spacial score (nSPS) is 18.0. The first-order valence-electron chi connectivity index (χ1n) is 7.26. The zero-order valence-electron chi connectivity index (χ0n) is 12.3. The molecule has 0 bridgehead atoms. The van der Waals surface area contributed by atoms with Crippen LogP contribution in [-0.4, -0.2) is 37.8 Å². The summed E-state index contributed by atoms with van der Waals surface area (Å²) in [5, 5.41) is 4.34. The zero-order valence-corrected chi connectivity index (χ0v) is 13.1. The summed E-state index contributed by atoms with van der Waals surface area (Å²) in [6.07, 6.45) is 6.97. The third kappa shape index (κ3) is 3.00. The maximum absolute atomic E-state index is 6.04. The molecule has 1 saturated heterocycles. The Morgan fingerprint density at radius 3 is 2.52 bits per heavy atom. The Morgan fingerprint density at radius 2 is 1.90 bits per heavy atom. The fourth-order valence-electron chi connectivity index (χ4n) is 2.56. The highest BCUT2D eigenvalue weighted by Gasteiger charge is 2.29. The summed E-state index contributed by atoms with van der Waals surface area (Å²) in [5.74, 6) is 1.09. The van der Waals surface area contributed by atoms with E-state index in [0.717, 1.165) is 25.9 Å². The van der Waals surface area contributed by atoms with Gasteiger partial charge in [0.1, 0.15) is 0 Å². The van der Waals surface area contributed by atoms with Gasteiger partial charge in [-0.2, -0.15) is 20.1 Å². The van der Waals surface area contributed by atoms with Crippen LogP contribution in [0.2, 0.25) is 5.28 Å². The Morgan fingerprint density at radius 1 is 1.19 bits per heavy atom. The Labute approximate surface area is 129 Å². The number of halogens is 1. The van der Waals surface area contributed by atoms with Crippen molar-refractivity contribution in [2.45, 2.75) is 33.1 Å². The van der Waals surface area contributed by atoms with Crippen LogP contribution in [0.15, 0.2) is 18.5 Å². The predicted octanol–water partition coefficient (Wildman–Crippen LogP) is 2.73. The van der Waals surface area contributed by atoms with Crippen molar-refractivity contribution in [1.82, 2.24) is 24.7 Å². The van der Waals surface area contributed by atoms with Crippen molar-refractivity contribution in [3.63, 3.8) is 0 Å². The van der Waals surface area contributed by atoms with Crippen LogP contribution in [0, 0.1) is 5.41 Å². The van der Waals surface area contributed by atoms with Gasteiger partial charge in [-0.3, -0.25) is 0 Å². The van der Waals surface area contributed by atoms with Gasteiger partial charge in [0.05, 0.1) is 0 Å². The van der Waals surface area contributed by atoms with Crippen molar-refractivity contribution in [1.29, 1.82) is 0 Å². The van der Waals surface area contributed by atoms with Crippen molar-refractivity contribution in [2.24, 2.45) is 5.41 Å². The number of anilines is 1. The lowest BCUT2D eigenvalue weighted by atomic mass is 9.78. The monoisotopic (exact) mass is 306 g/mol. The van der Waals surface area contributed by atoms with E-state index in [2.05, 4.69) is 38.8 Å². The third-order valence-electron chi connectivity index (χ3n) is 4.40. The second-order valence-corrected chi connectivity index (χ2v) is 6.14. The topological polar surface area (TPSA) is 59.7 Å². The van der Waals surface area contributed by atoms with E-state index in [0.29, 0.717) is 17.3 Å². The van der Waals surface area contributed by atoms with Gasteiger partial charge >= 0.3 is 0 Å². The SMILES string of the molecule is CCC1(C)CCN(c2nc(Cl)nc(-n3cccn3)n2)CC1. The van der Waals surface area contributed by atoms with Gasteiger partial charge in [-0.1, -0.05) is 20.3 Å². The first-order chi connectivity index (χ1) is 10.1. The van der Waals surface area contributed by atoms with E-state index in [4.69, 9.17) is 11.6 Å². The number of nitrogens with zero attached hydrogens (tertiary/aromatic N) is 6. The second kappa shape index (κ2) is 5.60. The highest BCUT2D eigenvalue weighted by atomic mass is 35.5. The minimum Gasteiger partial charge on any atom is -0.341 e. The molecule has 6 nitrogen and oxygen atoms in total. The molecule has 0 amide bonds. The second-order valence-electron chi connectivity index (χ2n) is 5.81. The van der Waals surface area contributed by atoms with Crippen molar-refractivity contribution in [2.75, 3.05) is 18.0 Å². The van der Waals surface area contributed by atoms with Crippen LogP contribution in [0.25, 0.3) is 5.95 Å². The average molecular weight is 307 g/mol. The summed E-state index contributed by atoms with van der Waals surface area (Å²) in [5.41, 5.74) is 0.429. The molecule has 1 aliphatic rings. The first kappa shape index (κ1) is 14.3. The number of hydrogen-bond donors (Lipinski definition) is 0. The highest BCUT2D eigenvalue weighted by molar-refractivity contribution is 6.28. The largest absolute Gasteiger partial charge is 0.341 e. The Balaban J connectivity index is 1.83. The molecule has 1 fully saturated rings. The van der Waals surface area contributed by atoms with Crippen molar-refractivity contribution >= 4 is 17.5 Å². The molecule has 0 radical (unpaired) electrons. The van der Waals surface area contributed by atoms with Gasteiger partial charge in [-0.25, -0.2) is 4.68 Å². The molecule has 0 N–H and O–H groups in total. The fraction of sp³-hybridized carbons (Fsp3) is 0.571. The Hall–Kier alpha value is -1.69. The van der Waals surface area contributed by atoms with Gasteiger partial charge < -0.3 is 4.90 Å². The molecule has 3 rings (SSSR count). The standard InChI is InChI=1S/C14H19ClN6/c1-3-14(2)5-9-20(10-6-14)12-17-11(15)18-13(19-12)21-8-4-7-16-21/h4,7-8H,3,5-6,9-10H2,1-2H3. The summed E-state index contributed by atoms with van der Waals surface area (Å²) in [7, 11) is 0. The summed E-state index contributed by atoms with van der Waals surface area (Å²) >= 11 is 6.04. The van der Waals surface area contributed by atoms with E-state index in [1.54, 1.807) is 17.1 Å². The first-order valence-corrected chi connectivity index (χ1v) is 7.64. The number of rotatable bonds is 3. The molecule has 7 heteroatoms. The van der Waals surface area contributed by atoms with E-state index in [1.165, 1.54) is 6.42 Å². The number of aromatic nitrogens is 5. The Bertz CT molecular complexity index is 604. The molecule has 0 aliphatic carbocycles. The predicted molar refractivity (Wildman–Crippen MR) is 81.8 cm³/mol. The Kier molecular flexibility index (Phi) is 3.80. The molecule has 1 aliphatic heterocycles. The lowest BCUT2D eigenvalue weighted by molar-refractivity contribution is 0.237. The van der Waals surface area contributed by atoms with Crippen LogP contribution in [0.3, 0.4) is 0 Å².